The lowest BCUT2D eigenvalue weighted by molar-refractivity contribution is -0.800. The highest BCUT2D eigenvalue weighted by molar-refractivity contribution is 5.84. The molecule has 0 unspecified atom stereocenters. The molecule has 3 N–H and O–H groups in total. The lowest BCUT2D eigenvalue weighted by atomic mass is 10.3. The molecule has 0 aliphatic rings. The van der Waals surface area contributed by atoms with Gasteiger partial charge in [-0.25, -0.2) is 4.79 Å². The zero-order valence-corrected chi connectivity index (χ0v) is 8.45. The van der Waals surface area contributed by atoms with Crippen LogP contribution in [0.2, 0.25) is 0 Å². The third kappa shape index (κ3) is 4.47. The maximum absolute atomic E-state index is 10.3. The molecule has 0 heterocycles. The molecule has 5 nitrogen and oxygen atoms in total. The average molecular weight is 188 g/mol. The van der Waals surface area contributed by atoms with Crippen LogP contribution in [-0.4, -0.2) is 42.3 Å². The summed E-state index contributed by atoms with van der Waals surface area (Å²) in [6.45, 7) is 2.88. The van der Waals surface area contributed by atoms with E-state index < -0.39 is 6.09 Å². The average Bonchev–Trinajstić information content (AvgIpc) is 1.99. The fraction of sp³-hybridized carbons (Fsp3) is 0.750. The largest absolute Gasteiger partial charge is 0.463 e. The van der Waals surface area contributed by atoms with Crippen molar-refractivity contribution in [2.45, 2.75) is 19.8 Å². The Labute approximate surface area is 78.5 Å². The Kier molecular flexibility index (Phi) is 4.40. The van der Waals surface area contributed by atoms with E-state index in [2.05, 4.69) is 11.9 Å². The molecule has 0 aromatic carbocycles. The molecule has 13 heavy (non-hydrogen) atoms. The van der Waals surface area contributed by atoms with Crippen molar-refractivity contribution < 1.29 is 14.4 Å². The highest BCUT2D eigenvalue weighted by Crippen LogP contribution is 2.01. The number of nitrogens with zero attached hydrogens (tertiary/aromatic N) is 2. The van der Waals surface area contributed by atoms with Gasteiger partial charge in [0.15, 0.2) is 0 Å². The number of carboxylic acid groups (broad SMARTS) is 1. The monoisotopic (exact) mass is 188 g/mol. The van der Waals surface area contributed by atoms with Gasteiger partial charge in [0.25, 0.3) is 0 Å². The Morgan fingerprint density at radius 1 is 1.54 bits per heavy atom. The first-order chi connectivity index (χ1) is 5.90. The van der Waals surface area contributed by atoms with Gasteiger partial charge in [-0.2, -0.15) is 0 Å². The first kappa shape index (κ1) is 11.9. The van der Waals surface area contributed by atoms with Crippen LogP contribution in [0.1, 0.15) is 19.8 Å². The first-order valence-corrected chi connectivity index (χ1v) is 4.30. The molecule has 0 atom stereocenters. The molecule has 0 aliphatic carbocycles. The van der Waals surface area contributed by atoms with Crippen LogP contribution in [0.25, 0.3) is 0 Å². The number of amides is 1. The summed E-state index contributed by atoms with van der Waals surface area (Å²) in [5, 5.41) is 8.40. The highest BCUT2D eigenvalue weighted by atomic mass is 16.4. The molecule has 0 aromatic heterocycles. The molecule has 0 bridgehead atoms. The Balaban J connectivity index is 4.34. The first-order valence-electron chi connectivity index (χ1n) is 4.30. The highest BCUT2D eigenvalue weighted by Gasteiger charge is 2.21. The number of quaternary nitrogens is 1. The number of carbonyl (C=O) groups is 1. The van der Waals surface area contributed by atoms with Crippen molar-refractivity contribution in [1.29, 1.82) is 0 Å². The summed E-state index contributed by atoms with van der Waals surface area (Å²) in [4.78, 5) is 13.5. The second-order valence-corrected chi connectivity index (χ2v) is 3.51. The van der Waals surface area contributed by atoms with E-state index in [-0.39, 0.29) is 5.96 Å². The molecule has 0 fully saturated rings. The van der Waals surface area contributed by atoms with Crippen LogP contribution in [0.15, 0.2) is 4.99 Å². The standard InChI is InChI=1S/C8H17N3O2/c1-4-5-6-11(2,3)7(9)10-8(12)13/h4-6H2,1-3H3,(H2-,9,10,12,13)/p+1. The van der Waals surface area contributed by atoms with Crippen LogP contribution in [0.4, 0.5) is 4.79 Å². The van der Waals surface area contributed by atoms with Crippen LogP contribution in [0.5, 0.6) is 0 Å². The van der Waals surface area contributed by atoms with Crippen LogP contribution in [-0.2, 0) is 0 Å². The molecule has 0 aromatic rings. The van der Waals surface area contributed by atoms with E-state index in [1.807, 2.05) is 14.1 Å². The van der Waals surface area contributed by atoms with E-state index in [9.17, 15) is 4.79 Å². The van der Waals surface area contributed by atoms with E-state index in [0.29, 0.717) is 4.48 Å². The molecule has 0 saturated heterocycles. The molecule has 76 valence electrons. The Morgan fingerprint density at radius 3 is 2.46 bits per heavy atom. The number of guanidine groups is 1. The van der Waals surface area contributed by atoms with Gasteiger partial charge in [0.1, 0.15) is 0 Å². The van der Waals surface area contributed by atoms with Gasteiger partial charge in [0.2, 0.25) is 0 Å². The molecule has 0 spiro atoms. The minimum absolute atomic E-state index is 0.140. The SMILES string of the molecule is CCCC[N+](C)(C)C(N)=NC(=O)O. The van der Waals surface area contributed by atoms with Crippen molar-refractivity contribution >= 4 is 12.1 Å². The van der Waals surface area contributed by atoms with E-state index in [1.165, 1.54) is 0 Å². The second-order valence-electron chi connectivity index (χ2n) is 3.51. The summed E-state index contributed by atoms with van der Waals surface area (Å²) >= 11 is 0. The summed E-state index contributed by atoms with van der Waals surface area (Å²) < 4.78 is 0.333. The lowest BCUT2D eigenvalue weighted by Crippen LogP contribution is -2.51. The van der Waals surface area contributed by atoms with Gasteiger partial charge < -0.3 is 10.8 Å². The summed E-state index contributed by atoms with van der Waals surface area (Å²) in [5.74, 6) is 0.140. The zero-order valence-electron chi connectivity index (χ0n) is 8.45. The molecule has 0 radical (unpaired) electrons. The minimum Gasteiger partial charge on any atom is -0.463 e. The number of nitrogens with two attached hydrogens (primary N) is 1. The third-order valence-corrected chi connectivity index (χ3v) is 1.90. The van der Waals surface area contributed by atoms with Crippen molar-refractivity contribution in [3.8, 4) is 0 Å². The number of hydrogen-bond acceptors (Lipinski definition) is 1. The fourth-order valence-corrected chi connectivity index (χ4v) is 0.901. The van der Waals surface area contributed by atoms with Gasteiger partial charge in [-0.05, 0) is 6.42 Å². The van der Waals surface area contributed by atoms with Crippen molar-refractivity contribution in [2.24, 2.45) is 10.7 Å². The second kappa shape index (κ2) is 4.81. The quantitative estimate of drug-likeness (QED) is 0.392. The molecule has 1 amide bonds. The maximum Gasteiger partial charge on any atom is 0.437 e. The van der Waals surface area contributed by atoms with Crippen LogP contribution in [0.3, 0.4) is 0 Å². The van der Waals surface area contributed by atoms with E-state index in [0.717, 1.165) is 19.4 Å². The molecular weight excluding hydrogens is 170 g/mol. The van der Waals surface area contributed by atoms with Gasteiger partial charge in [-0.1, -0.05) is 13.3 Å². The van der Waals surface area contributed by atoms with Gasteiger partial charge in [0.05, 0.1) is 20.6 Å². The van der Waals surface area contributed by atoms with Crippen LogP contribution in [0, 0.1) is 0 Å². The summed E-state index contributed by atoms with van der Waals surface area (Å²) in [5.41, 5.74) is 5.53. The van der Waals surface area contributed by atoms with E-state index in [1.54, 1.807) is 0 Å². The molecule has 0 saturated carbocycles. The minimum atomic E-state index is -1.24. The van der Waals surface area contributed by atoms with Gasteiger partial charge in [-0.15, -0.1) is 4.99 Å². The van der Waals surface area contributed by atoms with Crippen LogP contribution >= 0.6 is 0 Å². The number of unbranched alkanes of at least 4 members (excludes halogenated alkanes) is 1. The lowest BCUT2D eigenvalue weighted by Gasteiger charge is -2.26. The number of rotatable bonds is 3. The van der Waals surface area contributed by atoms with Crippen molar-refractivity contribution in [2.75, 3.05) is 20.6 Å². The third-order valence-electron chi connectivity index (χ3n) is 1.90. The molecule has 0 aliphatic heterocycles. The molecule has 0 rings (SSSR count). The smallest absolute Gasteiger partial charge is 0.437 e. The van der Waals surface area contributed by atoms with Crippen molar-refractivity contribution in [3.05, 3.63) is 0 Å². The van der Waals surface area contributed by atoms with Crippen molar-refractivity contribution in [3.63, 3.8) is 0 Å². The molecule has 5 heteroatoms. The predicted molar refractivity (Wildman–Crippen MR) is 51.5 cm³/mol. The number of aliphatic imine (C=N–C) groups is 1. The maximum atomic E-state index is 10.3. The Hall–Kier alpha value is -1.10. The topological polar surface area (TPSA) is 75.7 Å². The van der Waals surface area contributed by atoms with E-state index >= 15 is 0 Å². The van der Waals surface area contributed by atoms with Crippen LogP contribution < -0.4 is 5.73 Å². The number of hydrogen-bond donors (Lipinski definition) is 2. The normalized spacial score (nSPS) is 13.0. The fourth-order valence-electron chi connectivity index (χ4n) is 0.901. The summed E-state index contributed by atoms with van der Waals surface area (Å²) in [6, 6.07) is 0. The summed E-state index contributed by atoms with van der Waals surface area (Å²) in [7, 11) is 3.69. The Morgan fingerprint density at radius 2 is 2.08 bits per heavy atom. The van der Waals surface area contributed by atoms with E-state index in [4.69, 9.17) is 10.8 Å². The summed E-state index contributed by atoms with van der Waals surface area (Å²) in [6.07, 6.45) is 0.824. The van der Waals surface area contributed by atoms with Gasteiger partial charge in [-0.3, -0.25) is 4.48 Å². The predicted octanol–water partition coefficient (Wildman–Crippen LogP) is 0.856. The van der Waals surface area contributed by atoms with Gasteiger partial charge >= 0.3 is 12.1 Å². The zero-order chi connectivity index (χ0) is 10.5. The van der Waals surface area contributed by atoms with Gasteiger partial charge in [0, 0.05) is 0 Å². The van der Waals surface area contributed by atoms with Crippen molar-refractivity contribution in [1.82, 2.24) is 0 Å². The molecular formula is C8H18N3O2+. The Bertz CT molecular complexity index is 211.